The lowest BCUT2D eigenvalue weighted by Crippen LogP contribution is -2.52. The topological polar surface area (TPSA) is 81.8 Å². The zero-order valence-corrected chi connectivity index (χ0v) is 16.2. The number of anilines is 2. The van der Waals surface area contributed by atoms with E-state index in [1.165, 1.54) is 19.1 Å². The zero-order valence-electron chi connectivity index (χ0n) is 16.2. The summed E-state index contributed by atoms with van der Waals surface area (Å²) < 4.78 is 13.0. The lowest BCUT2D eigenvalue weighted by atomic mass is 10.1. The van der Waals surface area contributed by atoms with E-state index >= 15 is 0 Å². The second-order valence-corrected chi connectivity index (χ2v) is 6.79. The lowest BCUT2D eigenvalue weighted by molar-refractivity contribution is -0.115. The van der Waals surface area contributed by atoms with E-state index in [-0.39, 0.29) is 30.1 Å². The maximum Gasteiger partial charge on any atom is 0.317 e. The van der Waals surface area contributed by atoms with Gasteiger partial charge in [0.05, 0.1) is 6.54 Å². The number of halogens is 1. The van der Waals surface area contributed by atoms with E-state index in [0.29, 0.717) is 37.4 Å². The van der Waals surface area contributed by atoms with Gasteiger partial charge in [0.25, 0.3) is 0 Å². The van der Waals surface area contributed by atoms with E-state index in [4.69, 9.17) is 0 Å². The summed E-state index contributed by atoms with van der Waals surface area (Å²) >= 11 is 0. The SMILES string of the molecule is CC(=O)c1cccc(NC(=O)CNC(=O)N2CCN(c3ccc(F)cc3)CC2)c1. The highest BCUT2D eigenvalue weighted by Crippen LogP contribution is 2.17. The fourth-order valence-electron chi connectivity index (χ4n) is 3.11. The average molecular weight is 398 g/mol. The predicted molar refractivity (Wildman–Crippen MR) is 109 cm³/mol. The van der Waals surface area contributed by atoms with Crippen LogP contribution in [-0.4, -0.2) is 55.3 Å². The van der Waals surface area contributed by atoms with Crippen molar-refractivity contribution in [3.63, 3.8) is 0 Å². The standard InChI is InChI=1S/C21H23FN4O3/c1-15(27)16-3-2-4-18(13-16)24-20(28)14-23-21(29)26-11-9-25(10-12-26)19-7-5-17(22)6-8-19/h2-8,13H,9-12,14H2,1H3,(H,23,29)(H,24,28). The van der Waals surface area contributed by atoms with Gasteiger partial charge in [-0.3, -0.25) is 9.59 Å². The number of nitrogens with one attached hydrogen (secondary N) is 2. The molecule has 0 aromatic heterocycles. The van der Waals surface area contributed by atoms with Crippen LogP contribution in [0, 0.1) is 5.82 Å². The van der Waals surface area contributed by atoms with Gasteiger partial charge >= 0.3 is 6.03 Å². The summed E-state index contributed by atoms with van der Waals surface area (Å²) in [6.45, 7) is 3.56. The van der Waals surface area contributed by atoms with Gasteiger partial charge in [-0.05, 0) is 43.3 Å². The van der Waals surface area contributed by atoms with Gasteiger partial charge in [-0.15, -0.1) is 0 Å². The summed E-state index contributed by atoms with van der Waals surface area (Å²) in [5, 5.41) is 5.28. The Bertz CT molecular complexity index is 893. The molecule has 0 aliphatic carbocycles. The molecule has 0 spiro atoms. The van der Waals surface area contributed by atoms with Crippen molar-refractivity contribution in [1.29, 1.82) is 0 Å². The van der Waals surface area contributed by atoms with Crippen LogP contribution in [0.25, 0.3) is 0 Å². The third-order valence-electron chi connectivity index (χ3n) is 4.71. The molecule has 1 heterocycles. The molecule has 152 valence electrons. The second kappa shape index (κ2) is 9.18. The molecule has 0 atom stereocenters. The molecule has 1 aliphatic heterocycles. The number of nitrogens with zero attached hydrogens (tertiary/aromatic N) is 2. The van der Waals surface area contributed by atoms with Crippen LogP contribution in [0.3, 0.4) is 0 Å². The first-order valence-corrected chi connectivity index (χ1v) is 9.36. The van der Waals surface area contributed by atoms with Gasteiger partial charge in [0, 0.05) is 43.1 Å². The van der Waals surface area contributed by atoms with Crippen LogP contribution in [0.15, 0.2) is 48.5 Å². The molecule has 0 radical (unpaired) electrons. The molecule has 3 rings (SSSR count). The quantitative estimate of drug-likeness (QED) is 0.759. The van der Waals surface area contributed by atoms with E-state index in [9.17, 15) is 18.8 Å². The molecule has 3 amide bonds. The van der Waals surface area contributed by atoms with Crippen molar-refractivity contribution >= 4 is 29.1 Å². The van der Waals surface area contributed by atoms with E-state index in [0.717, 1.165) is 5.69 Å². The van der Waals surface area contributed by atoms with Gasteiger partial charge in [-0.25, -0.2) is 9.18 Å². The summed E-state index contributed by atoms with van der Waals surface area (Å²) in [6.07, 6.45) is 0. The Morgan fingerprint density at radius 3 is 2.34 bits per heavy atom. The Labute approximate surface area is 168 Å². The first kappa shape index (κ1) is 20.3. The number of ketones is 1. The van der Waals surface area contributed by atoms with E-state index < -0.39 is 0 Å². The van der Waals surface area contributed by atoms with E-state index in [1.807, 2.05) is 0 Å². The minimum Gasteiger partial charge on any atom is -0.368 e. The molecule has 1 aliphatic rings. The number of carbonyl (C=O) groups excluding carboxylic acids is 3. The molecule has 2 aromatic carbocycles. The average Bonchev–Trinajstić information content (AvgIpc) is 2.73. The maximum atomic E-state index is 13.0. The number of rotatable bonds is 5. The summed E-state index contributed by atoms with van der Waals surface area (Å²) in [5.74, 6) is -0.740. The minimum absolute atomic E-state index is 0.0887. The largest absolute Gasteiger partial charge is 0.368 e. The van der Waals surface area contributed by atoms with Crippen molar-refractivity contribution in [1.82, 2.24) is 10.2 Å². The van der Waals surface area contributed by atoms with Gasteiger partial charge in [0.1, 0.15) is 5.82 Å². The third-order valence-corrected chi connectivity index (χ3v) is 4.71. The molecule has 2 N–H and O–H groups in total. The molecule has 2 aromatic rings. The van der Waals surface area contributed by atoms with Gasteiger partial charge in [-0.2, -0.15) is 0 Å². The number of hydrogen-bond donors (Lipinski definition) is 2. The molecular weight excluding hydrogens is 375 g/mol. The van der Waals surface area contributed by atoms with Crippen LogP contribution in [0.5, 0.6) is 0 Å². The number of urea groups is 1. The summed E-state index contributed by atoms with van der Waals surface area (Å²) in [4.78, 5) is 39.5. The molecule has 7 nitrogen and oxygen atoms in total. The Kier molecular flexibility index (Phi) is 6.43. The Morgan fingerprint density at radius 1 is 1.00 bits per heavy atom. The van der Waals surface area contributed by atoms with Crippen molar-refractivity contribution in [2.45, 2.75) is 6.92 Å². The number of benzene rings is 2. The van der Waals surface area contributed by atoms with Crippen LogP contribution < -0.4 is 15.5 Å². The van der Waals surface area contributed by atoms with E-state index in [1.54, 1.807) is 41.3 Å². The number of amides is 3. The Hall–Kier alpha value is -3.42. The molecule has 0 saturated carbocycles. The van der Waals surface area contributed by atoms with E-state index in [2.05, 4.69) is 15.5 Å². The zero-order chi connectivity index (χ0) is 20.8. The highest BCUT2D eigenvalue weighted by molar-refractivity contribution is 5.98. The maximum absolute atomic E-state index is 13.0. The summed E-state index contributed by atoms with van der Waals surface area (Å²) in [5.41, 5.74) is 1.93. The fraction of sp³-hybridized carbons (Fsp3) is 0.286. The van der Waals surface area contributed by atoms with Crippen LogP contribution in [0.4, 0.5) is 20.6 Å². The highest BCUT2D eigenvalue weighted by atomic mass is 19.1. The molecule has 1 fully saturated rings. The molecule has 29 heavy (non-hydrogen) atoms. The smallest absolute Gasteiger partial charge is 0.317 e. The first-order valence-electron chi connectivity index (χ1n) is 9.36. The van der Waals surface area contributed by atoms with Crippen LogP contribution in [0.1, 0.15) is 17.3 Å². The van der Waals surface area contributed by atoms with Crippen LogP contribution in [0.2, 0.25) is 0 Å². The third kappa shape index (κ3) is 5.54. The van der Waals surface area contributed by atoms with Crippen molar-refractivity contribution in [2.75, 3.05) is 42.9 Å². The van der Waals surface area contributed by atoms with Gasteiger partial charge in [-0.1, -0.05) is 12.1 Å². The molecule has 8 heteroatoms. The second-order valence-electron chi connectivity index (χ2n) is 6.79. The number of Topliss-reactive ketones (excluding diaryl/α,β-unsaturated/α-hetero) is 1. The summed E-state index contributed by atoms with van der Waals surface area (Å²) in [6, 6.07) is 12.6. The Morgan fingerprint density at radius 2 is 1.69 bits per heavy atom. The number of carbonyl (C=O) groups is 3. The number of hydrogen-bond acceptors (Lipinski definition) is 4. The Balaban J connectivity index is 1.44. The molecule has 0 unspecified atom stereocenters. The van der Waals surface area contributed by atoms with Crippen molar-refractivity contribution in [3.05, 3.63) is 59.9 Å². The molecule has 0 bridgehead atoms. The van der Waals surface area contributed by atoms with Gasteiger partial charge in [0.15, 0.2) is 5.78 Å². The first-order chi connectivity index (χ1) is 13.9. The van der Waals surface area contributed by atoms with Gasteiger partial charge < -0.3 is 20.4 Å². The normalized spacial score (nSPS) is 13.7. The molecular formula is C21H23FN4O3. The van der Waals surface area contributed by atoms with Gasteiger partial charge in [0.2, 0.25) is 5.91 Å². The number of piperazine rings is 1. The highest BCUT2D eigenvalue weighted by Gasteiger charge is 2.21. The molecule has 1 saturated heterocycles. The monoisotopic (exact) mass is 398 g/mol. The van der Waals surface area contributed by atoms with Crippen molar-refractivity contribution in [2.24, 2.45) is 0 Å². The lowest BCUT2D eigenvalue weighted by Gasteiger charge is -2.36. The van der Waals surface area contributed by atoms with Crippen molar-refractivity contribution in [3.8, 4) is 0 Å². The predicted octanol–water partition coefficient (Wildman–Crippen LogP) is 2.50. The van der Waals surface area contributed by atoms with Crippen LogP contribution in [-0.2, 0) is 4.79 Å². The van der Waals surface area contributed by atoms with Crippen molar-refractivity contribution < 1.29 is 18.8 Å². The fourth-order valence-corrected chi connectivity index (χ4v) is 3.11. The minimum atomic E-state index is -0.371. The van der Waals surface area contributed by atoms with Crippen LogP contribution >= 0.6 is 0 Å². The summed E-state index contributed by atoms with van der Waals surface area (Å²) in [7, 11) is 0.